The van der Waals surface area contributed by atoms with Gasteiger partial charge < -0.3 is 4.74 Å². The molecule has 132 valence electrons. The number of para-hydroxylation sites is 2. The van der Waals surface area contributed by atoms with Crippen LogP contribution in [0.3, 0.4) is 0 Å². The van der Waals surface area contributed by atoms with Gasteiger partial charge in [0.1, 0.15) is 0 Å². The van der Waals surface area contributed by atoms with Gasteiger partial charge in [-0.25, -0.2) is 9.07 Å². The van der Waals surface area contributed by atoms with E-state index in [1.807, 2.05) is 30.3 Å². The lowest BCUT2D eigenvalue weighted by atomic mass is 10.3. The van der Waals surface area contributed by atoms with Gasteiger partial charge in [0.15, 0.2) is 18.2 Å². The lowest BCUT2D eigenvalue weighted by Gasteiger charge is -2.08. The molecular formula is C18H15FN4O3. The van der Waals surface area contributed by atoms with Gasteiger partial charge in [0.05, 0.1) is 17.4 Å². The van der Waals surface area contributed by atoms with Gasteiger partial charge in [0, 0.05) is 6.20 Å². The quantitative estimate of drug-likeness (QED) is 0.685. The van der Waals surface area contributed by atoms with Crippen molar-refractivity contribution in [1.82, 2.24) is 20.6 Å². The SMILES string of the molecule is O=C(COc1ccccc1F)NNC(=O)c1cnn(-c2ccccc2)c1. The van der Waals surface area contributed by atoms with E-state index in [4.69, 9.17) is 4.74 Å². The summed E-state index contributed by atoms with van der Waals surface area (Å²) in [7, 11) is 0. The number of hydrogen-bond acceptors (Lipinski definition) is 4. The monoisotopic (exact) mass is 354 g/mol. The number of aromatic nitrogens is 2. The van der Waals surface area contributed by atoms with Crippen molar-refractivity contribution >= 4 is 11.8 Å². The highest BCUT2D eigenvalue weighted by atomic mass is 19.1. The molecular weight excluding hydrogens is 339 g/mol. The summed E-state index contributed by atoms with van der Waals surface area (Å²) in [5.41, 5.74) is 5.51. The minimum Gasteiger partial charge on any atom is -0.481 e. The van der Waals surface area contributed by atoms with Crippen molar-refractivity contribution < 1.29 is 18.7 Å². The number of nitrogens with zero attached hydrogens (tertiary/aromatic N) is 2. The van der Waals surface area contributed by atoms with Gasteiger partial charge in [-0.1, -0.05) is 30.3 Å². The highest BCUT2D eigenvalue weighted by Gasteiger charge is 2.11. The summed E-state index contributed by atoms with van der Waals surface area (Å²) in [5.74, 6) is -1.78. The summed E-state index contributed by atoms with van der Waals surface area (Å²) in [6, 6.07) is 15.0. The number of carbonyl (C=O) groups excluding carboxylic acids is 2. The summed E-state index contributed by atoms with van der Waals surface area (Å²) in [5, 5.41) is 4.10. The minimum absolute atomic E-state index is 0.0434. The molecule has 0 fully saturated rings. The second-order valence-electron chi connectivity index (χ2n) is 5.23. The summed E-state index contributed by atoms with van der Waals surface area (Å²) in [6.45, 7) is -0.440. The van der Waals surface area contributed by atoms with Crippen LogP contribution in [0, 0.1) is 5.82 Å². The molecule has 8 heteroatoms. The Labute approximate surface area is 148 Å². The lowest BCUT2D eigenvalue weighted by molar-refractivity contribution is -0.123. The number of hydrazine groups is 1. The van der Waals surface area contributed by atoms with Crippen molar-refractivity contribution in [3.8, 4) is 11.4 Å². The summed E-state index contributed by atoms with van der Waals surface area (Å²) in [4.78, 5) is 23.7. The highest BCUT2D eigenvalue weighted by Crippen LogP contribution is 2.14. The van der Waals surface area contributed by atoms with Crippen molar-refractivity contribution in [3.05, 3.63) is 78.4 Å². The van der Waals surface area contributed by atoms with E-state index in [9.17, 15) is 14.0 Å². The molecule has 0 saturated carbocycles. The zero-order valence-corrected chi connectivity index (χ0v) is 13.6. The number of amides is 2. The van der Waals surface area contributed by atoms with E-state index in [1.165, 1.54) is 35.3 Å². The molecule has 0 radical (unpaired) electrons. The maximum atomic E-state index is 13.4. The Hall–Kier alpha value is -3.68. The fourth-order valence-electron chi connectivity index (χ4n) is 2.10. The Morgan fingerprint density at radius 2 is 1.77 bits per heavy atom. The van der Waals surface area contributed by atoms with Gasteiger partial charge in [-0.15, -0.1) is 0 Å². The molecule has 2 N–H and O–H groups in total. The fourth-order valence-corrected chi connectivity index (χ4v) is 2.10. The predicted octanol–water partition coefficient (Wildman–Crippen LogP) is 1.85. The molecule has 0 saturated heterocycles. The first-order valence-electron chi connectivity index (χ1n) is 7.70. The van der Waals surface area contributed by atoms with Crippen LogP contribution in [0.15, 0.2) is 67.0 Å². The molecule has 1 aromatic heterocycles. The van der Waals surface area contributed by atoms with E-state index < -0.39 is 24.2 Å². The molecule has 26 heavy (non-hydrogen) atoms. The van der Waals surface area contributed by atoms with Gasteiger partial charge in [0.2, 0.25) is 0 Å². The van der Waals surface area contributed by atoms with Crippen LogP contribution in [0.25, 0.3) is 5.69 Å². The Kier molecular flexibility index (Phi) is 5.23. The van der Waals surface area contributed by atoms with E-state index in [2.05, 4.69) is 16.0 Å². The molecule has 0 aliphatic carbocycles. The molecule has 0 unspecified atom stereocenters. The first-order chi connectivity index (χ1) is 12.6. The molecule has 7 nitrogen and oxygen atoms in total. The maximum Gasteiger partial charge on any atom is 0.276 e. The second-order valence-corrected chi connectivity index (χ2v) is 5.23. The minimum atomic E-state index is -0.628. The molecule has 1 heterocycles. The first kappa shape index (κ1) is 17.2. The average Bonchev–Trinajstić information content (AvgIpc) is 3.16. The maximum absolute atomic E-state index is 13.4. The molecule has 0 aliphatic heterocycles. The van der Waals surface area contributed by atoms with Gasteiger partial charge in [-0.05, 0) is 24.3 Å². The second kappa shape index (κ2) is 7.93. The number of benzene rings is 2. The Balaban J connectivity index is 1.50. The van der Waals surface area contributed by atoms with Crippen LogP contribution in [-0.2, 0) is 4.79 Å². The predicted molar refractivity (Wildman–Crippen MR) is 91.1 cm³/mol. The van der Waals surface area contributed by atoms with Crippen molar-refractivity contribution in [3.63, 3.8) is 0 Å². The van der Waals surface area contributed by atoms with Crippen LogP contribution in [0.2, 0.25) is 0 Å². The number of carbonyl (C=O) groups is 2. The molecule has 0 aliphatic rings. The van der Waals surface area contributed by atoms with Gasteiger partial charge in [0.25, 0.3) is 11.8 Å². The topological polar surface area (TPSA) is 85.2 Å². The zero-order valence-electron chi connectivity index (χ0n) is 13.6. The van der Waals surface area contributed by atoms with Crippen LogP contribution in [-0.4, -0.2) is 28.2 Å². The molecule has 0 bridgehead atoms. The largest absolute Gasteiger partial charge is 0.481 e. The van der Waals surface area contributed by atoms with Crippen LogP contribution < -0.4 is 15.6 Å². The number of ether oxygens (including phenoxy) is 1. The van der Waals surface area contributed by atoms with E-state index in [0.29, 0.717) is 0 Å². The number of nitrogens with one attached hydrogen (secondary N) is 2. The Morgan fingerprint density at radius 3 is 2.54 bits per heavy atom. The number of halogens is 1. The zero-order chi connectivity index (χ0) is 18.4. The number of rotatable bonds is 5. The normalized spacial score (nSPS) is 10.2. The van der Waals surface area contributed by atoms with E-state index >= 15 is 0 Å². The van der Waals surface area contributed by atoms with Crippen LogP contribution in [0.5, 0.6) is 5.75 Å². The first-order valence-corrected chi connectivity index (χ1v) is 7.70. The third-order valence-corrected chi connectivity index (χ3v) is 3.38. The molecule has 2 amide bonds. The van der Waals surface area contributed by atoms with Crippen molar-refractivity contribution in [2.45, 2.75) is 0 Å². The van der Waals surface area contributed by atoms with Crippen LogP contribution >= 0.6 is 0 Å². The molecule has 2 aromatic carbocycles. The van der Waals surface area contributed by atoms with Gasteiger partial charge in [-0.2, -0.15) is 5.10 Å². The lowest BCUT2D eigenvalue weighted by Crippen LogP contribution is -2.43. The third-order valence-electron chi connectivity index (χ3n) is 3.38. The average molecular weight is 354 g/mol. The Morgan fingerprint density at radius 1 is 1.04 bits per heavy atom. The standard InChI is InChI=1S/C18H15FN4O3/c19-15-8-4-5-9-16(15)26-12-17(24)21-22-18(25)13-10-20-23(11-13)14-6-2-1-3-7-14/h1-11H,12H2,(H,21,24)(H,22,25). The summed E-state index contributed by atoms with van der Waals surface area (Å²) in [6.07, 6.45) is 2.91. The molecule has 0 atom stereocenters. The highest BCUT2D eigenvalue weighted by molar-refractivity contribution is 5.95. The fraction of sp³-hybridized carbons (Fsp3) is 0.0556. The third kappa shape index (κ3) is 4.23. The van der Waals surface area contributed by atoms with Crippen molar-refractivity contribution in [2.75, 3.05) is 6.61 Å². The van der Waals surface area contributed by atoms with Gasteiger partial charge >= 0.3 is 0 Å². The Bertz CT molecular complexity index is 912. The van der Waals surface area contributed by atoms with Crippen molar-refractivity contribution in [2.24, 2.45) is 0 Å². The smallest absolute Gasteiger partial charge is 0.276 e. The van der Waals surface area contributed by atoms with Crippen molar-refractivity contribution in [1.29, 1.82) is 0 Å². The summed E-state index contributed by atoms with van der Waals surface area (Å²) < 4.78 is 20.0. The summed E-state index contributed by atoms with van der Waals surface area (Å²) >= 11 is 0. The van der Waals surface area contributed by atoms with E-state index in [1.54, 1.807) is 6.07 Å². The molecule has 0 spiro atoms. The molecule has 3 rings (SSSR count). The van der Waals surface area contributed by atoms with Crippen LogP contribution in [0.4, 0.5) is 4.39 Å². The molecule has 3 aromatic rings. The van der Waals surface area contributed by atoms with Crippen LogP contribution in [0.1, 0.15) is 10.4 Å². The van der Waals surface area contributed by atoms with E-state index in [-0.39, 0.29) is 11.3 Å². The van der Waals surface area contributed by atoms with Gasteiger partial charge in [-0.3, -0.25) is 20.4 Å². The van der Waals surface area contributed by atoms with E-state index in [0.717, 1.165) is 5.69 Å². The number of hydrogen-bond donors (Lipinski definition) is 2.